The molecule has 0 spiro atoms. The van der Waals surface area contributed by atoms with E-state index in [1.165, 1.54) is 4.90 Å². The Balaban J connectivity index is 1.86. The van der Waals surface area contributed by atoms with Gasteiger partial charge in [-0.05, 0) is 0 Å². The summed E-state index contributed by atoms with van der Waals surface area (Å²) in [5, 5.41) is 28.0. The molecule has 3 heterocycles. The van der Waals surface area contributed by atoms with Crippen LogP contribution in [0.15, 0.2) is 4.99 Å². The fraction of sp³-hybridized carbons (Fsp3) is 0.778. The van der Waals surface area contributed by atoms with E-state index in [2.05, 4.69) is 4.99 Å². The van der Waals surface area contributed by atoms with E-state index in [1.54, 1.807) is 4.90 Å². The molecular formula is C9H14N3O6. The molecule has 18 heavy (non-hydrogen) atoms. The van der Waals surface area contributed by atoms with Gasteiger partial charge in [-0.1, -0.05) is 0 Å². The Morgan fingerprint density at radius 2 is 2.33 bits per heavy atom. The van der Waals surface area contributed by atoms with Gasteiger partial charge in [0.2, 0.25) is 12.6 Å². The van der Waals surface area contributed by atoms with E-state index in [1.807, 2.05) is 0 Å². The summed E-state index contributed by atoms with van der Waals surface area (Å²) in [4.78, 5) is 7.21. The van der Waals surface area contributed by atoms with Crippen LogP contribution in [0.25, 0.3) is 0 Å². The number of rotatable bonds is 3. The SMILES string of the molecule is O[CH]COC1N=C2OC(O)COC3N1CC(O)N23. The van der Waals surface area contributed by atoms with E-state index in [9.17, 15) is 10.2 Å². The fourth-order valence-corrected chi connectivity index (χ4v) is 2.18. The van der Waals surface area contributed by atoms with Crippen molar-refractivity contribution in [2.24, 2.45) is 4.99 Å². The minimum absolute atomic E-state index is 0.0106. The van der Waals surface area contributed by atoms with Crippen molar-refractivity contribution in [1.82, 2.24) is 9.80 Å². The van der Waals surface area contributed by atoms with E-state index in [0.717, 1.165) is 6.61 Å². The molecule has 0 amide bonds. The number of aliphatic imine (C=N–C) groups is 1. The van der Waals surface area contributed by atoms with Crippen LogP contribution in [0.5, 0.6) is 0 Å². The van der Waals surface area contributed by atoms with Crippen LogP contribution in [0.2, 0.25) is 0 Å². The monoisotopic (exact) mass is 260 g/mol. The molecule has 9 nitrogen and oxygen atoms in total. The summed E-state index contributed by atoms with van der Waals surface area (Å²) in [6, 6.07) is 0.0780. The van der Waals surface area contributed by atoms with Gasteiger partial charge >= 0.3 is 0 Å². The summed E-state index contributed by atoms with van der Waals surface area (Å²) < 4.78 is 15.9. The Morgan fingerprint density at radius 1 is 1.50 bits per heavy atom. The van der Waals surface area contributed by atoms with Crippen molar-refractivity contribution in [3.8, 4) is 0 Å². The predicted octanol–water partition coefficient (Wildman–Crippen LogP) is -2.22. The number of nitrogens with zero attached hydrogens (tertiary/aromatic N) is 3. The van der Waals surface area contributed by atoms with E-state index in [-0.39, 0.29) is 25.8 Å². The third kappa shape index (κ3) is 1.85. The molecule has 4 bridgehead atoms. The maximum atomic E-state index is 9.91. The zero-order chi connectivity index (χ0) is 12.7. The van der Waals surface area contributed by atoms with Gasteiger partial charge in [-0.25, -0.2) is 4.90 Å². The average Bonchev–Trinajstić information content (AvgIpc) is 2.52. The summed E-state index contributed by atoms with van der Waals surface area (Å²) in [5.41, 5.74) is 0. The maximum absolute atomic E-state index is 9.91. The summed E-state index contributed by atoms with van der Waals surface area (Å²) in [5.74, 6) is 0. The first kappa shape index (κ1) is 12.1. The quantitative estimate of drug-likeness (QED) is 0.523. The zero-order valence-electron chi connectivity index (χ0n) is 9.42. The lowest BCUT2D eigenvalue weighted by molar-refractivity contribution is -0.177. The first-order valence-corrected chi connectivity index (χ1v) is 5.54. The van der Waals surface area contributed by atoms with Gasteiger partial charge in [0.1, 0.15) is 19.4 Å². The maximum Gasteiger partial charge on any atom is 0.298 e. The van der Waals surface area contributed by atoms with Gasteiger partial charge in [0.25, 0.3) is 6.02 Å². The van der Waals surface area contributed by atoms with Gasteiger partial charge in [-0.2, -0.15) is 4.99 Å². The second-order valence-electron chi connectivity index (χ2n) is 4.07. The first-order valence-electron chi connectivity index (χ1n) is 5.54. The molecule has 3 N–H and O–H groups in total. The van der Waals surface area contributed by atoms with Crippen LogP contribution in [0.4, 0.5) is 0 Å². The number of aliphatic hydroxyl groups is 3. The Kier molecular flexibility index (Phi) is 3.09. The summed E-state index contributed by atoms with van der Waals surface area (Å²) in [6.07, 6.45) is -3.29. The summed E-state index contributed by atoms with van der Waals surface area (Å²) >= 11 is 0. The number of hydrogen-bond donors (Lipinski definition) is 3. The Hall–Kier alpha value is -0.970. The Morgan fingerprint density at radius 3 is 3.11 bits per heavy atom. The standard InChI is InChI=1S/C9H14N3O6/c13-1-2-16-7-10-8-12-5(14)3-11(7)9(12)17-4-6(15)18-8/h1,5-7,9,13-15H,2-4H2. The molecule has 0 aromatic carbocycles. The van der Waals surface area contributed by atoms with E-state index < -0.39 is 25.2 Å². The smallest absolute Gasteiger partial charge is 0.298 e. The van der Waals surface area contributed by atoms with E-state index >= 15 is 0 Å². The molecule has 1 radical (unpaired) electrons. The van der Waals surface area contributed by atoms with Crippen LogP contribution in [-0.4, -0.2) is 76.1 Å². The molecule has 3 aliphatic rings. The molecule has 3 rings (SSSR count). The first-order chi connectivity index (χ1) is 8.70. The lowest BCUT2D eigenvalue weighted by Crippen LogP contribution is -2.53. The molecular weight excluding hydrogens is 246 g/mol. The van der Waals surface area contributed by atoms with Gasteiger partial charge < -0.3 is 29.5 Å². The van der Waals surface area contributed by atoms with Crippen molar-refractivity contribution in [1.29, 1.82) is 0 Å². The number of ether oxygens (including phenoxy) is 3. The molecule has 9 heteroatoms. The highest BCUT2D eigenvalue weighted by Gasteiger charge is 2.51. The lowest BCUT2D eigenvalue weighted by atomic mass is 10.5. The number of aliphatic hydroxyl groups excluding tert-OH is 3. The van der Waals surface area contributed by atoms with Gasteiger partial charge in [-0.3, -0.25) is 4.90 Å². The van der Waals surface area contributed by atoms with Crippen molar-refractivity contribution < 1.29 is 29.5 Å². The van der Waals surface area contributed by atoms with Gasteiger partial charge in [0.15, 0.2) is 6.35 Å². The van der Waals surface area contributed by atoms with Crippen LogP contribution in [-0.2, 0) is 14.2 Å². The molecule has 5 atom stereocenters. The van der Waals surface area contributed by atoms with Crippen molar-refractivity contribution in [3.63, 3.8) is 0 Å². The van der Waals surface area contributed by atoms with E-state index in [4.69, 9.17) is 19.3 Å². The zero-order valence-corrected chi connectivity index (χ0v) is 9.42. The third-order valence-electron chi connectivity index (χ3n) is 2.89. The second kappa shape index (κ2) is 4.61. The van der Waals surface area contributed by atoms with Crippen LogP contribution in [0, 0.1) is 6.61 Å². The number of hydrogen-bond acceptors (Lipinski definition) is 9. The molecule has 5 unspecified atom stereocenters. The molecule has 0 aromatic heterocycles. The summed E-state index contributed by atoms with van der Waals surface area (Å²) in [7, 11) is 0. The van der Waals surface area contributed by atoms with Crippen molar-refractivity contribution in [2.75, 3.05) is 19.8 Å². The van der Waals surface area contributed by atoms with Gasteiger partial charge in [0, 0.05) is 0 Å². The molecule has 0 aliphatic carbocycles. The average molecular weight is 260 g/mol. The summed E-state index contributed by atoms with van der Waals surface area (Å²) in [6.45, 7) is 1.10. The minimum Gasteiger partial charge on any atom is -0.433 e. The highest BCUT2D eigenvalue weighted by atomic mass is 16.7. The van der Waals surface area contributed by atoms with Gasteiger partial charge in [0.05, 0.1) is 13.2 Å². The van der Waals surface area contributed by atoms with Crippen LogP contribution in [0.1, 0.15) is 0 Å². The highest BCUT2D eigenvalue weighted by molar-refractivity contribution is 5.75. The largest absolute Gasteiger partial charge is 0.433 e. The molecule has 3 aliphatic heterocycles. The lowest BCUT2D eigenvalue weighted by Gasteiger charge is -2.35. The Bertz CT molecular complexity index is 353. The number of amidine groups is 1. The Labute approximate surface area is 103 Å². The van der Waals surface area contributed by atoms with Crippen molar-refractivity contribution in [2.45, 2.75) is 25.2 Å². The van der Waals surface area contributed by atoms with Crippen LogP contribution >= 0.6 is 0 Å². The molecule has 2 saturated heterocycles. The molecule has 2 fully saturated rings. The normalized spacial score (nSPS) is 42.3. The predicted molar refractivity (Wildman–Crippen MR) is 54.8 cm³/mol. The highest BCUT2D eigenvalue weighted by Crippen LogP contribution is 2.31. The minimum atomic E-state index is -1.13. The van der Waals surface area contributed by atoms with Crippen LogP contribution < -0.4 is 0 Å². The van der Waals surface area contributed by atoms with Crippen molar-refractivity contribution in [3.05, 3.63) is 6.61 Å². The van der Waals surface area contributed by atoms with Gasteiger partial charge in [-0.15, -0.1) is 0 Å². The molecule has 101 valence electrons. The molecule has 0 saturated carbocycles. The van der Waals surface area contributed by atoms with Crippen LogP contribution in [0.3, 0.4) is 0 Å². The van der Waals surface area contributed by atoms with E-state index in [0.29, 0.717) is 0 Å². The third-order valence-corrected chi connectivity index (χ3v) is 2.89. The molecule has 0 aromatic rings. The van der Waals surface area contributed by atoms with Crippen molar-refractivity contribution >= 4 is 6.02 Å². The fourth-order valence-electron chi connectivity index (χ4n) is 2.18. The topological polar surface area (TPSA) is 107 Å². The second-order valence-corrected chi connectivity index (χ2v) is 4.07.